The Morgan fingerprint density at radius 3 is 2.65 bits per heavy atom. The lowest BCUT2D eigenvalue weighted by molar-refractivity contribution is -0.118. The zero-order chi connectivity index (χ0) is 17.9. The molecule has 0 aliphatic carbocycles. The van der Waals surface area contributed by atoms with Crippen LogP contribution in [0.25, 0.3) is 0 Å². The quantitative estimate of drug-likeness (QED) is 0.725. The van der Waals surface area contributed by atoms with Gasteiger partial charge in [0.2, 0.25) is 17.7 Å². The van der Waals surface area contributed by atoms with Crippen LogP contribution in [0.2, 0.25) is 0 Å². The summed E-state index contributed by atoms with van der Waals surface area (Å²) >= 11 is 0. The van der Waals surface area contributed by atoms with Gasteiger partial charge in [-0.2, -0.15) is 0 Å². The second kappa shape index (κ2) is 7.12. The molecule has 0 bridgehead atoms. The van der Waals surface area contributed by atoms with E-state index in [2.05, 4.69) is 28.4 Å². The Hall–Kier alpha value is -2.95. The van der Waals surface area contributed by atoms with Crippen molar-refractivity contribution >= 4 is 11.6 Å². The third-order valence-electron chi connectivity index (χ3n) is 4.82. The van der Waals surface area contributed by atoms with Crippen molar-refractivity contribution in [2.45, 2.75) is 38.6 Å². The van der Waals surface area contributed by atoms with Gasteiger partial charge in [0.05, 0.1) is 0 Å². The van der Waals surface area contributed by atoms with E-state index in [1.807, 2.05) is 41.3 Å². The first-order valence-electron chi connectivity index (χ1n) is 8.93. The van der Waals surface area contributed by atoms with Crippen LogP contribution in [-0.4, -0.2) is 22.1 Å². The molecule has 1 atom stereocenters. The summed E-state index contributed by atoms with van der Waals surface area (Å²) in [5, 5.41) is 7.81. The maximum absolute atomic E-state index is 13.1. The van der Waals surface area contributed by atoms with Gasteiger partial charge in [-0.3, -0.25) is 4.79 Å². The zero-order valence-electron chi connectivity index (χ0n) is 14.8. The van der Waals surface area contributed by atoms with Gasteiger partial charge in [-0.25, -0.2) is 0 Å². The number of para-hydroxylation sites is 1. The second-order valence-electron chi connectivity index (χ2n) is 6.67. The Bertz CT molecular complexity index is 904. The molecule has 2 heterocycles. The molecular weight excluding hydrogens is 326 g/mol. The molecule has 26 heavy (non-hydrogen) atoms. The number of rotatable bonds is 4. The molecule has 1 amide bonds. The number of nitrogens with zero attached hydrogens (tertiary/aromatic N) is 3. The van der Waals surface area contributed by atoms with Crippen molar-refractivity contribution < 1.29 is 9.21 Å². The summed E-state index contributed by atoms with van der Waals surface area (Å²) in [4.78, 5) is 15.1. The Morgan fingerprint density at radius 1 is 1.12 bits per heavy atom. The predicted molar refractivity (Wildman–Crippen MR) is 98.9 cm³/mol. The smallest absolute Gasteiger partial charge is 0.236 e. The lowest BCUT2D eigenvalue weighted by Crippen LogP contribution is -2.45. The van der Waals surface area contributed by atoms with E-state index in [0.717, 1.165) is 24.9 Å². The molecule has 0 fully saturated rings. The average molecular weight is 347 g/mol. The van der Waals surface area contributed by atoms with Crippen molar-refractivity contribution in [1.29, 1.82) is 0 Å². The summed E-state index contributed by atoms with van der Waals surface area (Å²) < 4.78 is 5.42. The molecule has 3 aromatic rings. The number of anilines is 1. The van der Waals surface area contributed by atoms with Crippen LogP contribution >= 0.6 is 0 Å². The molecule has 1 aliphatic heterocycles. The van der Waals surface area contributed by atoms with Crippen LogP contribution in [0.5, 0.6) is 0 Å². The minimum Gasteiger partial charge on any atom is -0.425 e. The highest BCUT2D eigenvalue weighted by atomic mass is 16.4. The van der Waals surface area contributed by atoms with Gasteiger partial charge in [-0.1, -0.05) is 48.5 Å². The molecule has 1 unspecified atom stereocenters. The number of carbonyl (C=O) groups is 1. The summed E-state index contributed by atoms with van der Waals surface area (Å²) in [5.41, 5.74) is 3.45. The summed E-state index contributed by atoms with van der Waals surface area (Å²) in [6, 6.07) is 18.6. The number of benzene rings is 2. The number of aromatic nitrogens is 2. The van der Waals surface area contributed by atoms with E-state index < -0.39 is 0 Å². The number of carbonyl (C=O) groups excluding carboxylic acids is 1. The standard InChI is InChI=1S/C21H21N3O2/c1-15-22-23-20(26-15)14-21(25)24-18(13-16-7-3-2-4-8-16)12-11-17-9-5-6-10-19(17)24/h2-10,18H,11-14H2,1H3. The number of fused-ring (bicyclic) bond motifs is 1. The maximum Gasteiger partial charge on any atom is 0.236 e. The van der Waals surface area contributed by atoms with Gasteiger partial charge in [0, 0.05) is 18.7 Å². The van der Waals surface area contributed by atoms with Crippen molar-refractivity contribution in [3.63, 3.8) is 0 Å². The van der Waals surface area contributed by atoms with E-state index in [1.165, 1.54) is 11.1 Å². The van der Waals surface area contributed by atoms with Gasteiger partial charge < -0.3 is 9.32 Å². The van der Waals surface area contributed by atoms with Crippen LogP contribution in [0.15, 0.2) is 59.0 Å². The highest BCUT2D eigenvalue weighted by molar-refractivity contribution is 5.96. The van der Waals surface area contributed by atoms with E-state index in [1.54, 1.807) is 6.92 Å². The molecule has 0 radical (unpaired) electrons. The van der Waals surface area contributed by atoms with Gasteiger partial charge in [-0.15, -0.1) is 10.2 Å². The Morgan fingerprint density at radius 2 is 1.88 bits per heavy atom. The van der Waals surface area contributed by atoms with Gasteiger partial charge in [0.25, 0.3) is 0 Å². The van der Waals surface area contributed by atoms with Crippen LogP contribution in [-0.2, 0) is 24.1 Å². The molecule has 1 aromatic heterocycles. The summed E-state index contributed by atoms with van der Waals surface area (Å²) in [5.74, 6) is 0.850. The van der Waals surface area contributed by atoms with E-state index in [0.29, 0.717) is 11.8 Å². The fraction of sp³-hybridized carbons (Fsp3) is 0.286. The Kier molecular flexibility index (Phi) is 4.52. The van der Waals surface area contributed by atoms with Crippen LogP contribution in [0.4, 0.5) is 5.69 Å². The van der Waals surface area contributed by atoms with Gasteiger partial charge in [0.15, 0.2) is 0 Å². The minimum atomic E-state index is 0.00160. The molecule has 4 rings (SSSR count). The summed E-state index contributed by atoms with van der Waals surface area (Å²) in [6.07, 6.45) is 2.89. The van der Waals surface area contributed by atoms with Crippen molar-refractivity contribution in [2.24, 2.45) is 0 Å². The first-order chi connectivity index (χ1) is 12.7. The number of aryl methyl sites for hydroxylation is 2. The van der Waals surface area contributed by atoms with Crippen molar-refractivity contribution in [3.05, 3.63) is 77.5 Å². The van der Waals surface area contributed by atoms with E-state index in [4.69, 9.17) is 4.42 Å². The normalized spacial score (nSPS) is 16.3. The second-order valence-corrected chi connectivity index (χ2v) is 6.67. The van der Waals surface area contributed by atoms with E-state index in [9.17, 15) is 4.79 Å². The van der Waals surface area contributed by atoms with E-state index in [-0.39, 0.29) is 18.4 Å². The van der Waals surface area contributed by atoms with Gasteiger partial charge >= 0.3 is 0 Å². The van der Waals surface area contributed by atoms with Crippen LogP contribution in [0, 0.1) is 6.92 Å². The molecule has 5 nitrogen and oxygen atoms in total. The van der Waals surface area contributed by atoms with E-state index >= 15 is 0 Å². The first kappa shape index (κ1) is 16.5. The topological polar surface area (TPSA) is 59.2 Å². The van der Waals surface area contributed by atoms with Crippen LogP contribution < -0.4 is 4.90 Å². The fourth-order valence-electron chi connectivity index (χ4n) is 3.65. The number of hydrogen-bond donors (Lipinski definition) is 0. The van der Waals surface area contributed by atoms with Gasteiger partial charge in [0.1, 0.15) is 6.42 Å². The molecule has 0 saturated carbocycles. The number of hydrogen-bond acceptors (Lipinski definition) is 4. The van der Waals surface area contributed by atoms with Gasteiger partial charge in [-0.05, 0) is 36.5 Å². The predicted octanol–water partition coefficient (Wildman–Crippen LogP) is 3.51. The SMILES string of the molecule is Cc1nnc(CC(=O)N2c3ccccc3CCC2Cc2ccccc2)o1. The minimum absolute atomic E-state index is 0.00160. The molecule has 0 N–H and O–H groups in total. The Balaban J connectivity index is 1.64. The largest absolute Gasteiger partial charge is 0.425 e. The molecule has 2 aromatic carbocycles. The van der Waals surface area contributed by atoms with Crippen molar-refractivity contribution in [1.82, 2.24) is 10.2 Å². The third-order valence-corrected chi connectivity index (χ3v) is 4.82. The van der Waals surface area contributed by atoms with Crippen molar-refractivity contribution in [2.75, 3.05) is 4.90 Å². The van der Waals surface area contributed by atoms with Crippen LogP contribution in [0.3, 0.4) is 0 Å². The lowest BCUT2D eigenvalue weighted by Gasteiger charge is -2.37. The maximum atomic E-state index is 13.1. The lowest BCUT2D eigenvalue weighted by atomic mass is 9.91. The molecule has 1 aliphatic rings. The molecule has 132 valence electrons. The fourth-order valence-corrected chi connectivity index (χ4v) is 3.65. The third kappa shape index (κ3) is 3.38. The van der Waals surface area contributed by atoms with Crippen molar-refractivity contribution in [3.8, 4) is 0 Å². The number of amides is 1. The Labute approximate surface area is 152 Å². The van der Waals surface area contributed by atoms with Crippen LogP contribution in [0.1, 0.15) is 29.3 Å². The zero-order valence-corrected chi connectivity index (χ0v) is 14.8. The highest BCUT2D eigenvalue weighted by Crippen LogP contribution is 2.32. The molecular formula is C21H21N3O2. The first-order valence-corrected chi connectivity index (χ1v) is 8.93. The molecule has 0 spiro atoms. The molecule has 0 saturated heterocycles. The highest BCUT2D eigenvalue weighted by Gasteiger charge is 2.31. The monoisotopic (exact) mass is 347 g/mol. The average Bonchev–Trinajstić information content (AvgIpc) is 3.07. The summed E-state index contributed by atoms with van der Waals surface area (Å²) in [7, 11) is 0. The molecule has 5 heteroatoms. The summed E-state index contributed by atoms with van der Waals surface area (Å²) in [6.45, 7) is 1.73.